The van der Waals surface area contributed by atoms with Gasteiger partial charge in [0.2, 0.25) is 5.51 Å². The van der Waals surface area contributed by atoms with Gasteiger partial charge in [-0.05, 0) is 18.8 Å². The molecule has 0 N–H and O–H groups in total. The SMILES string of the molecule is C[n+]1csc(C2CCCCC2)c1. The maximum Gasteiger partial charge on any atom is 0.224 e. The zero-order valence-electron chi connectivity index (χ0n) is 7.62. The lowest BCUT2D eigenvalue weighted by Crippen LogP contribution is -2.23. The van der Waals surface area contributed by atoms with Crippen molar-refractivity contribution in [3.8, 4) is 0 Å². The zero-order chi connectivity index (χ0) is 8.39. The minimum absolute atomic E-state index is 0.880. The molecule has 66 valence electrons. The molecule has 1 aromatic rings. The molecule has 0 unspecified atom stereocenters. The molecule has 0 bridgehead atoms. The molecule has 1 nitrogen and oxygen atoms in total. The summed E-state index contributed by atoms with van der Waals surface area (Å²) in [6, 6.07) is 0. The molecule has 1 aliphatic rings. The van der Waals surface area contributed by atoms with Crippen molar-refractivity contribution in [2.75, 3.05) is 0 Å². The molecule has 2 rings (SSSR count). The molecule has 1 heterocycles. The normalized spacial score (nSPS) is 19.8. The highest BCUT2D eigenvalue weighted by Crippen LogP contribution is 2.33. The molecule has 0 atom stereocenters. The molecule has 1 fully saturated rings. The van der Waals surface area contributed by atoms with Crippen molar-refractivity contribution >= 4 is 11.3 Å². The van der Waals surface area contributed by atoms with Crippen LogP contribution in [0.1, 0.15) is 42.9 Å². The molecule has 2 heteroatoms. The first-order chi connectivity index (χ1) is 5.86. The Balaban J connectivity index is 2.08. The van der Waals surface area contributed by atoms with E-state index >= 15 is 0 Å². The van der Waals surface area contributed by atoms with Gasteiger partial charge in [0.05, 0.1) is 4.88 Å². The Morgan fingerprint density at radius 3 is 2.67 bits per heavy atom. The Bertz CT molecular complexity index is 248. The van der Waals surface area contributed by atoms with E-state index in [9.17, 15) is 0 Å². The predicted molar refractivity (Wildman–Crippen MR) is 51.3 cm³/mol. The third kappa shape index (κ3) is 1.69. The van der Waals surface area contributed by atoms with Gasteiger partial charge in [-0.2, -0.15) is 4.57 Å². The van der Waals surface area contributed by atoms with E-state index in [1.165, 1.54) is 32.1 Å². The molecular formula is C10H16NS+. The molecule has 12 heavy (non-hydrogen) atoms. The maximum absolute atomic E-state index is 2.29. The van der Waals surface area contributed by atoms with Gasteiger partial charge in [0.1, 0.15) is 7.05 Å². The molecule has 0 radical (unpaired) electrons. The fourth-order valence-electron chi connectivity index (χ4n) is 1.99. The highest BCUT2D eigenvalue weighted by Gasteiger charge is 2.18. The molecule has 0 amide bonds. The lowest BCUT2D eigenvalue weighted by atomic mass is 9.88. The van der Waals surface area contributed by atoms with E-state index in [2.05, 4.69) is 23.3 Å². The average molecular weight is 182 g/mol. The minimum atomic E-state index is 0.880. The number of hydrogen-bond acceptors (Lipinski definition) is 1. The van der Waals surface area contributed by atoms with Crippen LogP contribution in [0.15, 0.2) is 11.7 Å². The fourth-order valence-corrected chi connectivity index (χ4v) is 3.00. The van der Waals surface area contributed by atoms with Crippen molar-refractivity contribution in [1.82, 2.24) is 0 Å². The lowest BCUT2D eigenvalue weighted by Gasteiger charge is -2.18. The van der Waals surface area contributed by atoms with Gasteiger partial charge in [0, 0.05) is 0 Å². The molecule has 0 spiro atoms. The third-order valence-electron chi connectivity index (χ3n) is 2.69. The van der Waals surface area contributed by atoms with Crippen LogP contribution >= 0.6 is 11.3 Å². The number of aryl methyl sites for hydroxylation is 1. The van der Waals surface area contributed by atoms with Gasteiger partial charge >= 0.3 is 0 Å². The summed E-state index contributed by atoms with van der Waals surface area (Å²) in [7, 11) is 2.11. The number of thiazole rings is 1. The summed E-state index contributed by atoms with van der Waals surface area (Å²) in [5.74, 6) is 0.880. The summed E-state index contributed by atoms with van der Waals surface area (Å²) in [5, 5.41) is 0. The topological polar surface area (TPSA) is 3.88 Å². The second kappa shape index (κ2) is 3.56. The molecule has 1 saturated carbocycles. The van der Waals surface area contributed by atoms with Crippen LogP contribution in [0, 0.1) is 0 Å². The Morgan fingerprint density at radius 2 is 2.08 bits per heavy atom. The standard InChI is InChI=1S/C10H16NS/c1-11-7-10(12-8-11)9-5-3-2-4-6-9/h7-9H,2-6H2,1H3/q+1. The van der Waals surface area contributed by atoms with Crippen LogP contribution in [0.4, 0.5) is 0 Å². The van der Waals surface area contributed by atoms with Crippen molar-refractivity contribution < 1.29 is 4.57 Å². The van der Waals surface area contributed by atoms with E-state index in [4.69, 9.17) is 0 Å². The van der Waals surface area contributed by atoms with Crippen molar-refractivity contribution in [3.05, 3.63) is 16.6 Å². The van der Waals surface area contributed by atoms with E-state index < -0.39 is 0 Å². The van der Waals surface area contributed by atoms with Crippen LogP contribution in [0.5, 0.6) is 0 Å². The summed E-state index contributed by atoms with van der Waals surface area (Å²) in [6.07, 6.45) is 9.45. The monoisotopic (exact) mass is 182 g/mol. The van der Waals surface area contributed by atoms with Crippen molar-refractivity contribution in [2.24, 2.45) is 7.05 Å². The molecular weight excluding hydrogens is 166 g/mol. The summed E-state index contributed by atoms with van der Waals surface area (Å²) in [5.41, 5.74) is 2.20. The fraction of sp³-hybridized carbons (Fsp3) is 0.700. The maximum atomic E-state index is 2.29. The number of aromatic nitrogens is 1. The van der Waals surface area contributed by atoms with Gasteiger partial charge in [-0.3, -0.25) is 0 Å². The van der Waals surface area contributed by atoms with Gasteiger partial charge < -0.3 is 0 Å². The van der Waals surface area contributed by atoms with Crippen LogP contribution < -0.4 is 4.57 Å². The second-order valence-electron chi connectivity index (χ2n) is 3.76. The lowest BCUT2D eigenvalue weighted by molar-refractivity contribution is -0.666. The number of nitrogens with zero attached hydrogens (tertiary/aromatic N) is 1. The highest BCUT2D eigenvalue weighted by atomic mass is 32.1. The van der Waals surface area contributed by atoms with E-state index in [1.54, 1.807) is 4.88 Å². The van der Waals surface area contributed by atoms with E-state index in [0.717, 1.165) is 5.92 Å². The molecule has 0 aliphatic heterocycles. The molecule has 0 saturated heterocycles. The van der Waals surface area contributed by atoms with Crippen molar-refractivity contribution in [2.45, 2.75) is 38.0 Å². The second-order valence-corrected chi connectivity index (χ2v) is 4.67. The first-order valence-corrected chi connectivity index (χ1v) is 5.68. The highest BCUT2D eigenvalue weighted by molar-refractivity contribution is 7.09. The van der Waals surface area contributed by atoms with Gasteiger partial charge in [-0.15, -0.1) is 0 Å². The van der Waals surface area contributed by atoms with Crippen molar-refractivity contribution in [1.29, 1.82) is 0 Å². The van der Waals surface area contributed by atoms with Gasteiger partial charge in [0.25, 0.3) is 0 Å². The minimum Gasteiger partial charge on any atom is -0.198 e. The zero-order valence-corrected chi connectivity index (χ0v) is 8.44. The van der Waals surface area contributed by atoms with E-state index in [0.29, 0.717) is 0 Å². The summed E-state index contributed by atoms with van der Waals surface area (Å²) in [6.45, 7) is 0. The average Bonchev–Trinajstić information content (AvgIpc) is 2.54. The van der Waals surface area contributed by atoms with Gasteiger partial charge in [0.15, 0.2) is 6.20 Å². The Labute approximate surface area is 78.1 Å². The van der Waals surface area contributed by atoms with E-state index in [1.807, 2.05) is 11.3 Å². The molecule has 1 aliphatic carbocycles. The summed E-state index contributed by atoms with van der Waals surface area (Å²) < 4.78 is 2.18. The summed E-state index contributed by atoms with van der Waals surface area (Å²) >= 11 is 1.92. The molecule has 1 aromatic heterocycles. The number of rotatable bonds is 1. The largest absolute Gasteiger partial charge is 0.224 e. The number of hydrogen-bond donors (Lipinski definition) is 0. The van der Waals surface area contributed by atoms with Crippen LogP contribution in [0.3, 0.4) is 0 Å². The first kappa shape index (κ1) is 8.24. The van der Waals surface area contributed by atoms with Gasteiger partial charge in [-0.1, -0.05) is 30.6 Å². The van der Waals surface area contributed by atoms with Crippen LogP contribution in [0.25, 0.3) is 0 Å². The van der Waals surface area contributed by atoms with Crippen LogP contribution in [0.2, 0.25) is 0 Å². The van der Waals surface area contributed by atoms with Crippen LogP contribution in [-0.4, -0.2) is 0 Å². The van der Waals surface area contributed by atoms with Gasteiger partial charge in [-0.25, -0.2) is 0 Å². The smallest absolute Gasteiger partial charge is 0.198 e. The third-order valence-corrected chi connectivity index (χ3v) is 3.84. The molecule has 0 aromatic carbocycles. The quantitative estimate of drug-likeness (QED) is 0.588. The Kier molecular flexibility index (Phi) is 2.45. The van der Waals surface area contributed by atoms with E-state index in [-0.39, 0.29) is 0 Å². The summed E-state index contributed by atoms with van der Waals surface area (Å²) in [4.78, 5) is 1.59. The van der Waals surface area contributed by atoms with Crippen molar-refractivity contribution in [3.63, 3.8) is 0 Å². The van der Waals surface area contributed by atoms with Crippen LogP contribution in [-0.2, 0) is 7.05 Å². The first-order valence-electron chi connectivity index (χ1n) is 4.80. The Hall–Kier alpha value is -0.370. The Morgan fingerprint density at radius 1 is 1.33 bits per heavy atom. The predicted octanol–water partition coefficient (Wildman–Crippen LogP) is 2.62.